The Morgan fingerprint density at radius 2 is 2.06 bits per heavy atom. The number of ether oxygens (including phenoxy) is 1. The highest BCUT2D eigenvalue weighted by Gasteiger charge is 2.39. The molecule has 3 aromatic rings. The second-order valence-electron chi connectivity index (χ2n) is 9.19. The van der Waals surface area contributed by atoms with Crippen LogP contribution in [0.25, 0.3) is 10.9 Å². The number of fused-ring (bicyclic) bond motifs is 2. The largest absolute Gasteiger partial charge is 0.507 e. The number of nitrogens with two attached hydrogens (primary N) is 1. The Balaban J connectivity index is 1.45. The van der Waals surface area contributed by atoms with Crippen LogP contribution in [-0.2, 0) is 11.2 Å². The minimum Gasteiger partial charge on any atom is -0.507 e. The van der Waals surface area contributed by atoms with E-state index >= 15 is 0 Å². The molecule has 5 rings (SSSR count). The van der Waals surface area contributed by atoms with Gasteiger partial charge in [0, 0.05) is 41.8 Å². The predicted octanol–water partition coefficient (Wildman–Crippen LogP) is 4.74. The van der Waals surface area contributed by atoms with E-state index in [1.54, 1.807) is 0 Å². The second kappa shape index (κ2) is 8.30. The number of hydrogen-bond donors (Lipinski definition) is 3. The van der Waals surface area contributed by atoms with E-state index in [1.807, 2.05) is 13.0 Å². The molecule has 1 fully saturated rings. The minimum atomic E-state index is -0.160. The lowest BCUT2D eigenvalue weighted by Gasteiger charge is -2.46. The minimum absolute atomic E-state index is 0.0286. The molecule has 0 radical (unpaired) electrons. The maximum absolute atomic E-state index is 10.8. The van der Waals surface area contributed by atoms with Gasteiger partial charge in [-0.15, -0.1) is 0 Å². The van der Waals surface area contributed by atoms with Crippen molar-refractivity contribution in [1.29, 1.82) is 0 Å². The summed E-state index contributed by atoms with van der Waals surface area (Å²) >= 11 is 0. The van der Waals surface area contributed by atoms with Crippen molar-refractivity contribution in [2.75, 3.05) is 13.1 Å². The van der Waals surface area contributed by atoms with E-state index in [0.29, 0.717) is 18.3 Å². The predicted molar refractivity (Wildman–Crippen MR) is 124 cm³/mol. The van der Waals surface area contributed by atoms with Gasteiger partial charge in [-0.05, 0) is 61.9 Å². The number of phenols is 1. The average Bonchev–Trinajstić information content (AvgIpc) is 3.25. The van der Waals surface area contributed by atoms with Crippen molar-refractivity contribution >= 4 is 10.9 Å². The number of aromatic nitrogens is 1. The number of rotatable bonds is 4. The lowest BCUT2D eigenvalue weighted by molar-refractivity contribution is -0.0845. The van der Waals surface area contributed by atoms with E-state index in [2.05, 4.69) is 53.2 Å². The first-order valence-corrected chi connectivity index (χ1v) is 11.6. The number of phenolic OH excluding ortho intramolecular Hbond substituents is 1. The maximum Gasteiger partial charge on any atom is 0.122 e. The third kappa shape index (κ3) is 3.65. The fourth-order valence-electron chi connectivity index (χ4n) is 5.59. The molecule has 5 heteroatoms. The van der Waals surface area contributed by atoms with Crippen molar-refractivity contribution in [3.8, 4) is 5.75 Å². The zero-order chi connectivity index (χ0) is 21.5. The van der Waals surface area contributed by atoms with Gasteiger partial charge in [-0.25, -0.2) is 0 Å². The average molecular weight is 420 g/mol. The van der Waals surface area contributed by atoms with E-state index < -0.39 is 0 Å². The summed E-state index contributed by atoms with van der Waals surface area (Å²) in [5.74, 6) is 0.412. The van der Waals surface area contributed by atoms with Crippen LogP contribution in [0.5, 0.6) is 5.75 Å². The Morgan fingerprint density at radius 1 is 1.23 bits per heavy atom. The first kappa shape index (κ1) is 20.6. The molecule has 0 aliphatic carbocycles. The summed E-state index contributed by atoms with van der Waals surface area (Å²) in [7, 11) is 0. The van der Waals surface area contributed by atoms with Crippen LogP contribution >= 0.6 is 0 Å². The number of H-pyrrole nitrogens is 1. The Hall–Kier alpha value is -2.34. The van der Waals surface area contributed by atoms with Gasteiger partial charge in [0.05, 0.1) is 12.2 Å². The van der Waals surface area contributed by atoms with Gasteiger partial charge in [-0.2, -0.15) is 0 Å². The monoisotopic (exact) mass is 419 g/mol. The van der Waals surface area contributed by atoms with Crippen LogP contribution in [0.15, 0.2) is 42.5 Å². The van der Waals surface area contributed by atoms with Crippen LogP contribution in [0.4, 0.5) is 0 Å². The molecule has 2 aliphatic heterocycles. The molecule has 2 aliphatic rings. The number of nitrogens with zero attached hydrogens (tertiary/aromatic N) is 1. The van der Waals surface area contributed by atoms with Gasteiger partial charge in [-0.3, -0.25) is 4.90 Å². The van der Waals surface area contributed by atoms with Crippen LogP contribution in [0.1, 0.15) is 60.7 Å². The van der Waals surface area contributed by atoms with Crippen molar-refractivity contribution in [2.45, 2.75) is 63.8 Å². The lowest BCUT2D eigenvalue weighted by atomic mass is 9.85. The Labute approximate surface area is 184 Å². The third-order valence-electron chi connectivity index (χ3n) is 7.35. The highest BCUT2D eigenvalue weighted by atomic mass is 16.5. The van der Waals surface area contributed by atoms with E-state index in [0.717, 1.165) is 36.1 Å². The van der Waals surface area contributed by atoms with Crippen LogP contribution in [0.2, 0.25) is 0 Å². The van der Waals surface area contributed by atoms with E-state index in [1.165, 1.54) is 29.4 Å². The summed E-state index contributed by atoms with van der Waals surface area (Å²) in [4.78, 5) is 6.23. The van der Waals surface area contributed by atoms with Crippen molar-refractivity contribution in [3.05, 3.63) is 64.8 Å². The second-order valence-corrected chi connectivity index (χ2v) is 9.19. The van der Waals surface area contributed by atoms with Gasteiger partial charge in [0.25, 0.3) is 0 Å². The SMILES string of the molecule is Cc1ccc2c(c1O)C[C@@H](C1CCCCN1C(C)c1cc3ccccc3[nH]1)O[C@H]2CN. The Kier molecular flexibility index (Phi) is 5.51. The molecule has 31 heavy (non-hydrogen) atoms. The summed E-state index contributed by atoms with van der Waals surface area (Å²) in [6, 6.07) is 15.3. The molecule has 0 bridgehead atoms. The fraction of sp³-hybridized carbons (Fsp3) is 0.462. The molecule has 2 aromatic carbocycles. The van der Waals surface area contributed by atoms with E-state index in [4.69, 9.17) is 10.5 Å². The van der Waals surface area contributed by atoms with Gasteiger partial charge in [0.15, 0.2) is 0 Å². The maximum atomic E-state index is 10.8. The highest BCUT2D eigenvalue weighted by Crippen LogP contribution is 2.41. The van der Waals surface area contributed by atoms with Gasteiger partial charge >= 0.3 is 0 Å². The van der Waals surface area contributed by atoms with Crippen molar-refractivity contribution < 1.29 is 9.84 Å². The van der Waals surface area contributed by atoms with Gasteiger partial charge in [-0.1, -0.05) is 36.8 Å². The standard InChI is InChI=1S/C26H33N3O2/c1-16-10-11-19-20(26(16)30)14-24(31-25(19)15-27)23-9-5-6-12-29(23)17(2)22-13-18-7-3-4-8-21(18)28-22/h3-4,7-8,10-11,13,17,23-25,28,30H,5-6,9,12,14-15,27H2,1-2H3/t17?,23?,24-,25-/m0/s1. The molecule has 1 aromatic heterocycles. The number of aromatic hydroxyl groups is 1. The summed E-state index contributed by atoms with van der Waals surface area (Å²) < 4.78 is 6.58. The molecule has 0 amide bonds. The van der Waals surface area contributed by atoms with Crippen LogP contribution in [0, 0.1) is 6.92 Å². The normalized spacial score (nSPS) is 25.5. The molecule has 3 heterocycles. The molecule has 0 saturated carbocycles. The van der Waals surface area contributed by atoms with Crippen molar-refractivity contribution in [1.82, 2.24) is 9.88 Å². The third-order valence-corrected chi connectivity index (χ3v) is 7.35. The highest BCUT2D eigenvalue weighted by molar-refractivity contribution is 5.80. The summed E-state index contributed by atoms with van der Waals surface area (Å²) in [5, 5.41) is 12.0. The van der Waals surface area contributed by atoms with Gasteiger partial charge in [0.1, 0.15) is 5.75 Å². The van der Waals surface area contributed by atoms with Gasteiger partial charge < -0.3 is 20.6 Å². The zero-order valence-corrected chi connectivity index (χ0v) is 18.5. The number of para-hydroxylation sites is 1. The zero-order valence-electron chi connectivity index (χ0n) is 18.5. The summed E-state index contributed by atoms with van der Waals surface area (Å²) in [6.07, 6.45) is 4.12. The van der Waals surface area contributed by atoms with Crippen LogP contribution in [0.3, 0.4) is 0 Å². The molecular weight excluding hydrogens is 386 g/mol. The molecule has 2 unspecified atom stereocenters. The smallest absolute Gasteiger partial charge is 0.122 e. The number of piperidine rings is 1. The Bertz CT molecular complexity index is 1040. The number of benzene rings is 2. The molecule has 0 spiro atoms. The molecule has 4 N–H and O–H groups in total. The first-order valence-electron chi connectivity index (χ1n) is 11.6. The van der Waals surface area contributed by atoms with Gasteiger partial charge in [0.2, 0.25) is 0 Å². The van der Waals surface area contributed by atoms with E-state index in [9.17, 15) is 5.11 Å². The Morgan fingerprint density at radius 3 is 2.87 bits per heavy atom. The molecule has 4 atom stereocenters. The molecule has 1 saturated heterocycles. The number of hydrogen-bond acceptors (Lipinski definition) is 4. The first-order chi connectivity index (χ1) is 15.1. The number of likely N-dealkylation sites (tertiary alicyclic amines) is 1. The molecule has 164 valence electrons. The molecular formula is C26H33N3O2. The number of nitrogens with one attached hydrogen (secondary N) is 1. The van der Waals surface area contributed by atoms with E-state index in [-0.39, 0.29) is 18.2 Å². The lowest BCUT2D eigenvalue weighted by Crippen LogP contribution is -2.51. The van der Waals surface area contributed by atoms with Crippen molar-refractivity contribution in [2.24, 2.45) is 5.73 Å². The topological polar surface area (TPSA) is 74.5 Å². The van der Waals surface area contributed by atoms with Crippen molar-refractivity contribution in [3.63, 3.8) is 0 Å². The number of aromatic amines is 1. The molecule has 5 nitrogen and oxygen atoms in total. The number of aryl methyl sites for hydroxylation is 1. The van der Waals surface area contributed by atoms with Crippen LogP contribution < -0.4 is 5.73 Å². The quantitative estimate of drug-likeness (QED) is 0.571. The van der Waals surface area contributed by atoms with Crippen LogP contribution in [-0.4, -0.2) is 40.2 Å². The summed E-state index contributed by atoms with van der Waals surface area (Å²) in [5.41, 5.74) is 11.5. The summed E-state index contributed by atoms with van der Waals surface area (Å²) in [6.45, 7) is 5.74. The fourth-order valence-corrected chi connectivity index (χ4v) is 5.59.